The van der Waals surface area contributed by atoms with Crippen LogP contribution in [-0.4, -0.2) is 310 Å². The number of hydrogen-bond donors (Lipinski definition) is 19. The molecule has 0 aromatic carbocycles. The molecule has 5 rings (SSSR count). The Morgan fingerprint density at radius 1 is 0.596 bits per heavy atom. The molecule has 5 heterocycles. The minimum absolute atomic E-state index is 0. The van der Waals surface area contributed by atoms with Gasteiger partial charge in [-0.05, 0) is 12.8 Å². The minimum atomic E-state index is -3.47. The minimum Gasteiger partial charge on any atom is -0.544 e. The quantitative estimate of drug-likeness (QED) is 0.0159. The molecule has 0 spiro atoms. The molecule has 5 fully saturated rings. The predicted molar refractivity (Wildman–Crippen MR) is 292 cm³/mol. The van der Waals surface area contributed by atoms with Gasteiger partial charge in [-0.2, -0.15) is 0 Å². The molecule has 0 unspecified atom stereocenters. The SMILES string of the molecule is CCCCCCCCCCCCC/C=C/[C@@H](O)[C@@H](N)CO[C@@H]1O[C@H](CO)[C@@H](O[C@@H]2O[C@H](CO)[C@H](O[C@@H]3O[C@H](CO)[C@H](O)[C@H](O[C@@H]4O[C@H](CO)[C@H](O)[C@H](O)[C@H]4O)[C@H]3NC(C)=O)[C@H](O[C@]3(C(=O)[O-])C[C@H](O)[C@@H](NC(C)=O)[C@H]([C@H](O)[C@H](O)CO)O3)[C@H]2O)[C@H](O)[C@H]1O.[K+]. The standard InChI is InChI=1S/C55H97N3O30.K/c1-4-5-6-7-8-9-10-11-12-13-14-15-16-17-28(66)27(56)24-79-51-43(75)41(73)45(33(22-62)82-51)84-53-44(76)49(88-55(54(77)78)18-29(67)35(57-25(2)64)48(87-55)37(69)30(68)19-59)46(34(23-63)83-53)85-50-36(58-26(3)65)47(39(71)32(21-61)80-50)86-52-42(74)40(72)38(70)31(20-60)81-52;/h16-17,27-53,59-63,66-76H,4-15,18-24,56H2,1-3H3,(H,57,64)(H,58,65)(H,77,78);/q;+1/p-1/b17-16+;/t27-,28+,29-,30+,31+,32+,33+,34+,35+,36+,37+,38-,39-,40-,41+,42+,43+,44+,45+,46-,47+,48+,49+,50-,51+,52-,53-,55-;/m0./s1. The Kier molecular flexibility index (Phi) is 35.2. The summed E-state index contributed by atoms with van der Waals surface area (Å²) >= 11 is 0. The fraction of sp³-hybridized carbons (Fsp3) is 0.909. The van der Waals surface area contributed by atoms with Crippen LogP contribution in [0.4, 0.5) is 0 Å². The molecule has 0 aromatic heterocycles. The first-order chi connectivity index (χ1) is 41.8. The van der Waals surface area contributed by atoms with Crippen LogP contribution in [0.2, 0.25) is 0 Å². The monoisotopic (exact) mass is 1320 g/mol. The maximum Gasteiger partial charge on any atom is 1.00 e. The van der Waals surface area contributed by atoms with Gasteiger partial charge in [0.25, 0.3) is 0 Å². The van der Waals surface area contributed by atoms with Crippen molar-refractivity contribution in [1.82, 2.24) is 10.6 Å². The normalized spacial score (nSPS) is 39.1. The van der Waals surface area contributed by atoms with Crippen molar-refractivity contribution in [3.05, 3.63) is 12.2 Å². The molecule has 28 atom stereocenters. The molecule has 5 saturated heterocycles. The number of nitrogens with one attached hydrogen (secondary N) is 2. The zero-order valence-corrected chi connectivity index (χ0v) is 53.7. The number of unbranched alkanes of at least 4 members (excludes halogenated alkanes) is 11. The van der Waals surface area contributed by atoms with Gasteiger partial charge in [-0.3, -0.25) is 9.59 Å². The van der Waals surface area contributed by atoms with E-state index in [1.807, 2.05) is 0 Å². The third-order valence-corrected chi connectivity index (χ3v) is 16.3. The number of nitrogens with two attached hydrogens (primary N) is 1. The van der Waals surface area contributed by atoms with Crippen LogP contribution in [0.25, 0.3) is 0 Å². The topological polar surface area (TPSA) is 540 Å². The molecular formula is C55H96KN3O30. The molecule has 89 heavy (non-hydrogen) atoms. The van der Waals surface area contributed by atoms with Crippen LogP contribution in [0.15, 0.2) is 12.2 Å². The second-order valence-electron chi connectivity index (χ2n) is 23.0. The summed E-state index contributed by atoms with van der Waals surface area (Å²) < 4.78 is 58.7. The molecule has 2 amide bonds. The Bertz CT molecular complexity index is 2100. The van der Waals surface area contributed by atoms with Crippen LogP contribution in [0.1, 0.15) is 104 Å². The zero-order valence-electron chi connectivity index (χ0n) is 50.6. The fourth-order valence-electron chi connectivity index (χ4n) is 11.3. The molecule has 0 saturated carbocycles. The summed E-state index contributed by atoms with van der Waals surface area (Å²) in [5.74, 6) is -7.67. The van der Waals surface area contributed by atoms with Crippen LogP contribution in [0, 0.1) is 0 Å². The van der Waals surface area contributed by atoms with E-state index in [1.165, 1.54) is 51.0 Å². The number of ether oxygens (including phenoxy) is 10. The van der Waals surface area contributed by atoms with E-state index < -0.39 is 235 Å². The number of hydrogen-bond acceptors (Lipinski definition) is 31. The van der Waals surface area contributed by atoms with Gasteiger partial charge in [0, 0.05) is 20.3 Å². The molecule has 0 bridgehead atoms. The van der Waals surface area contributed by atoms with Gasteiger partial charge >= 0.3 is 51.4 Å². The van der Waals surface area contributed by atoms with Crippen LogP contribution in [0.5, 0.6) is 0 Å². The largest absolute Gasteiger partial charge is 1.00 e. The number of rotatable bonds is 35. The van der Waals surface area contributed by atoms with Gasteiger partial charge in [0.15, 0.2) is 25.2 Å². The number of carbonyl (C=O) groups excluding carboxylic acids is 3. The molecule has 34 heteroatoms. The maximum absolute atomic E-state index is 13.5. The summed E-state index contributed by atoms with van der Waals surface area (Å²) in [5.41, 5.74) is 6.20. The van der Waals surface area contributed by atoms with Crippen molar-refractivity contribution < 1.29 is 200 Å². The smallest absolute Gasteiger partial charge is 0.544 e. The summed E-state index contributed by atoms with van der Waals surface area (Å²) in [5, 5.41) is 193. The number of carbonyl (C=O) groups is 3. The van der Waals surface area contributed by atoms with Crippen LogP contribution in [-0.2, 0) is 61.8 Å². The molecule has 5 aliphatic rings. The van der Waals surface area contributed by atoms with Crippen molar-refractivity contribution >= 4 is 17.8 Å². The van der Waals surface area contributed by atoms with Gasteiger partial charge < -0.3 is 155 Å². The van der Waals surface area contributed by atoms with Crippen molar-refractivity contribution in [3.8, 4) is 0 Å². The summed E-state index contributed by atoms with van der Waals surface area (Å²) in [6, 6.07) is -4.76. The number of aliphatic carboxylic acids is 1. The number of aliphatic hydroxyl groups is 16. The fourth-order valence-corrected chi connectivity index (χ4v) is 11.3. The van der Waals surface area contributed by atoms with Gasteiger partial charge in [0.2, 0.25) is 17.6 Å². The van der Waals surface area contributed by atoms with Crippen LogP contribution < -0.4 is 72.9 Å². The molecule has 0 aromatic rings. The Morgan fingerprint density at radius 3 is 1.64 bits per heavy atom. The number of carboxylic acid groups (broad SMARTS) is 1. The van der Waals surface area contributed by atoms with Crippen molar-refractivity contribution in [2.24, 2.45) is 5.73 Å². The van der Waals surface area contributed by atoms with Gasteiger partial charge in [-0.25, -0.2) is 0 Å². The van der Waals surface area contributed by atoms with Crippen LogP contribution in [0.3, 0.4) is 0 Å². The van der Waals surface area contributed by atoms with E-state index in [1.54, 1.807) is 6.08 Å². The molecule has 33 nitrogen and oxygen atoms in total. The van der Waals surface area contributed by atoms with Gasteiger partial charge in [-0.15, -0.1) is 0 Å². The van der Waals surface area contributed by atoms with Crippen molar-refractivity contribution in [3.63, 3.8) is 0 Å². The van der Waals surface area contributed by atoms with E-state index in [0.29, 0.717) is 6.42 Å². The first-order valence-electron chi connectivity index (χ1n) is 30.1. The Labute approximate surface area is 557 Å². The molecule has 5 aliphatic heterocycles. The van der Waals surface area contributed by atoms with E-state index in [9.17, 15) is 101 Å². The Morgan fingerprint density at radius 2 is 1.08 bits per heavy atom. The summed E-state index contributed by atoms with van der Waals surface area (Å²) in [6.45, 7) is -1.85. The van der Waals surface area contributed by atoms with Gasteiger partial charge in [0.05, 0.1) is 63.9 Å². The van der Waals surface area contributed by atoms with E-state index in [0.717, 1.165) is 39.5 Å². The molecule has 0 aliphatic carbocycles. The Balaban J connectivity index is 0.0000169. The van der Waals surface area contributed by atoms with Crippen molar-refractivity contribution in [2.75, 3.05) is 39.6 Å². The third-order valence-electron chi connectivity index (χ3n) is 16.3. The number of amides is 2. The second kappa shape index (κ2) is 39.1. The van der Waals surface area contributed by atoms with Crippen LogP contribution >= 0.6 is 0 Å². The van der Waals surface area contributed by atoms with Crippen molar-refractivity contribution in [1.29, 1.82) is 0 Å². The van der Waals surface area contributed by atoms with E-state index in [4.69, 9.17) is 53.1 Å². The van der Waals surface area contributed by atoms with E-state index in [-0.39, 0.29) is 51.4 Å². The molecule has 0 radical (unpaired) electrons. The number of allylic oxidation sites excluding steroid dienone is 1. The molecule has 512 valence electrons. The summed E-state index contributed by atoms with van der Waals surface area (Å²) in [4.78, 5) is 38.8. The molecular weight excluding hydrogens is 1220 g/mol. The van der Waals surface area contributed by atoms with E-state index >= 15 is 0 Å². The van der Waals surface area contributed by atoms with Gasteiger partial charge in [-0.1, -0.05) is 83.3 Å². The predicted octanol–water partition coefficient (Wildman–Crippen LogP) is -11.8. The number of carboxylic acids is 1. The zero-order chi connectivity index (χ0) is 65.2. The van der Waals surface area contributed by atoms with E-state index in [2.05, 4.69) is 17.6 Å². The first kappa shape index (κ1) is 80.1. The average molecular weight is 1320 g/mol. The van der Waals surface area contributed by atoms with Crippen molar-refractivity contribution in [2.45, 2.75) is 275 Å². The maximum atomic E-state index is 13.5. The average Bonchev–Trinajstić information content (AvgIpc) is 1.10. The third kappa shape index (κ3) is 21.6. The summed E-state index contributed by atoms with van der Waals surface area (Å²) in [6.07, 6.45) is -33.4. The second-order valence-corrected chi connectivity index (χ2v) is 23.0. The first-order valence-corrected chi connectivity index (χ1v) is 30.1. The summed E-state index contributed by atoms with van der Waals surface area (Å²) in [7, 11) is 0. The Hall–Kier alpha value is -1.29. The number of aliphatic hydroxyl groups excluding tert-OH is 16. The molecule has 20 N–H and O–H groups in total. The van der Waals surface area contributed by atoms with Gasteiger partial charge in [0.1, 0.15) is 122 Å².